The first-order chi connectivity index (χ1) is 12.5. The van der Waals surface area contributed by atoms with E-state index in [9.17, 15) is 9.59 Å². The van der Waals surface area contributed by atoms with Crippen molar-refractivity contribution < 1.29 is 14.1 Å². The Morgan fingerprint density at radius 2 is 1.85 bits per heavy atom. The highest BCUT2D eigenvalue weighted by molar-refractivity contribution is 6.07. The number of nitrogens with zero attached hydrogens (tertiary/aromatic N) is 3. The van der Waals surface area contributed by atoms with Gasteiger partial charge in [-0.25, -0.2) is 0 Å². The Kier molecular flexibility index (Phi) is 4.71. The van der Waals surface area contributed by atoms with Crippen LogP contribution < -0.4 is 10.6 Å². The lowest BCUT2D eigenvalue weighted by Gasteiger charge is -2.06. The minimum absolute atomic E-state index is 0.0818. The second-order valence-electron chi connectivity index (χ2n) is 5.35. The molecule has 0 aliphatic rings. The number of carbonyl (C=O) groups excluding carboxylic acids is 2. The van der Waals surface area contributed by atoms with E-state index in [1.54, 1.807) is 37.3 Å². The second kappa shape index (κ2) is 7.27. The van der Waals surface area contributed by atoms with Gasteiger partial charge in [0.1, 0.15) is 11.5 Å². The Balaban J connectivity index is 1.72. The fraction of sp³-hybridized carbons (Fsp3) is 0.0556. The molecule has 0 atom stereocenters. The van der Waals surface area contributed by atoms with Crippen LogP contribution in [-0.2, 0) is 0 Å². The Labute approximate surface area is 148 Å². The van der Waals surface area contributed by atoms with Crippen molar-refractivity contribution in [1.29, 1.82) is 5.26 Å². The van der Waals surface area contributed by atoms with Crippen LogP contribution in [0.15, 0.2) is 53.2 Å². The number of hydrogen-bond donors (Lipinski definition) is 2. The van der Waals surface area contributed by atoms with E-state index in [4.69, 9.17) is 9.78 Å². The molecule has 8 nitrogen and oxygen atoms in total. The van der Waals surface area contributed by atoms with Gasteiger partial charge in [0.2, 0.25) is 0 Å². The molecule has 0 aliphatic heterocycles. The summed E-state index contributed by atoms with van der Waals surface area (Å²) in [5, 5.41) is 17.7. The largest absolute Gasteiger partial charge is 0.360 e. The molecule has 2 heterocycles. The summed E-state index contributed by atoms with van der Waals surface area (Å²) < 4.78 is 4.88. The van der Waals surface area contributed by atoms with Crippen LogP contribution in [0.1, 0.15) is 32.2 Å². The van der Waals surface area contributed by atoms with Gasteiger partial charge in [-0.05, 0) is 43.3 Å². The SMILES string of the molecule is Cc1cc(NC(=O)c2ccnc(C(=O)Nc3ccc(C#N)cc3)c2)no1. The summed E-state index contributed by atoms with van der Waals surface area (Å²) >= 11 is 0. The Hall–Kier alpha value is -3.99. The van der Waals surface area contributed by atoms with Crippen molar-refractivity contribution >= 4 is 23.3 Å². The Bertz CT molecular complexity index is 1000. The van der Waals surface area contributed by atoms with Crippen molar-refractivity contribution in [3.05, 3.63) is 71.2 Å². The molecule has 1 aromatic carbocycles. The highest BCUT2D eigenvalue weighted by Gasteiger charge is 2.13. The van der Waals surface area contributed by atoms with Crippen LogP contribution in [0.4, 0.5) is 11.5 Å². The first kappa shape index (κ1) is 16.9. The Morgan fingerprint density at radius 3 is 2.50 bits per heavy atom. The van der Waals surface area contributed by atoms with Gasteiger partial charge in [0, 0.05) is 23.5 Å². The van der Waals surface area contributed by atoms with E-state index in [-0.39, 0.29) is 17.1 Å². The van der Waals surface area contributed by atoms with Crippen molar-refractivity contribution in [2.75, 3.05) is 10.6 Å². The van der Waals surface area contributed by atoms with Crippen molar-refractivity contribution in [2.45, 2.75) is 6.92 Å². The average Bonchev–Trinajstić information content (AvgIpc) is 3.07. The number of pyridine rings is 1. The number of carbonyl (C=O) groups is 2. The lowest BCUT2D eigenvalue weighted by Crippen LogP contribution is -2.17. The molecule has 3 rings (SSSR count). The van der Waals surface area contributed by atoms with Crippen LogP contribution in [-0.4, -0.2) is 22.0 Å². The molecule has 8 heteroatoms. The van der Waals surface area contributed by atoms with Gasteiger partial charge in [0.05, 0.1) is 11.6 Å². The molecule has 0 aliphatic carbocycles. The van der Waals surface area contributed by atoms with Gasteiger partial charge in [-0.3, -0.25) is 14.6 Å². The van der Waals surface area contributed by atoms with Crippen LogP contribution in [0.25, 0.3) is 0 Å². The van der Waals surface area contributed by atoms with Crippen LogP contribution in [0.5, 0.6) is 0 Å². The van der Waals surface area contributed by atoms with E-state index in [1.165, 1.54) is 18.3 Å². The van der Waals surface area contributed by atoms with Gasteiger partial charge in [0.15, 0.2) is 5.82 Å². The summed E-state index contributed by atoms with van der Waals surface area (Å²) in [6, 6.07) is 12.8. The molecule has 0 radical (unpaired) electrons. The van der Waals surface area contributed by atoms with Crippen molar-refractivity contribution in [1.82, 2.24) is 10.1 Å². The lowest BCUT2D eigenvalue weighted by molar-refractivity contribution is 0.102. The second-order valence-corrected chi connectivity index (χ2v) is 5.35. The van der Waals surface area contributed by atoms with E-state index in [0.717, 1.165) is 0 Å². The molecule has 26 heavy (non-hydrogen) atoms. The molecule has 0 unspecified atom stereocenters. The van der Waals surface area contributed by atoms with Crippen LogP contribution in [0.2, 0.25) is 0 Å². The molecule has 2 amide bonds. The maximum absolute atomic E-state index is 12.3. The van der Waals surface area contributed by atoms with E-state index < -0.39 is 11.8 Å². The zero-order valence-corrected chi connectivity index (χ0v) is 13.7. The lowest BCUT2D eigenvalue weighted by atomic mass is 10.2. The van der Waals surface area contributed by atoms with Gasteiger partial charge in [-0.2, -0.15) is 5.26 Å². The minimum atomic E-state index is -0.471. The topological polar surface area (TPSA) is 121 Å². The zero-order chi connectivity index (χ0) is 18.5. The molecule has 3 aromatic rings. The van der Waals surface area contributed by atoms with Gasteiger partial charge in [-0.15, -0.1) is 0 Å². The average molecular weight is 347 g/mol. The maximum atomic E-state index is 12.3. The van der Waals surface area contributed by atoms with Crippen LogP contribution in [0.3, 0.4) is 0 Å². The number of rotatable bonds is 4. The number of benzene rings is 1. The number of aromatic nitrogens is 2. The fourth-order valence-electron chi connectivity index (χ4n) is 2.13. The van der Waals surface area contributed by atoms with Crippen LogP contribution >= 0.6 is 0 Å². The smallest absolute Gasteiger partial charge is 0.274 e. The number of nitrogens with one attached hydrogen (secondary N) is 2. The summed E-state index contributed by atoms with van der Waals surface area (Å²) in [6.45, 7) is 1.71. The molecule has 0 fully saturated rings. The molecule has 2 aromatic heterocycles. The van der Waals surface area contributed by atoms with Gasteiger partial charge >= 0.3 is 0 Å². The normalized spacial score (nSPS) is 10.0. The number of hydrogen-bond acceptors (Lipinski definition) is 6. The maximum Gasteiger partial charge on any atom is 0.274 e. The van der Waals surface area contributed by atoms with E-state index in [0.29, 0.717) is 17.0 Å². The summed E-state index contributed by atoms with van der Waals surface area (Å²) in [7, 11) is 0. The molecular formula is C18H13N5O3. The van der Waals surface area contributed by atoms with E-state index in [1.807, 2.05) is 6.07 Å². The number of anilines is 2. The molecule has 128 valence electrons. The van der Waals surface area contributed by atoms with E-state index in [2.05, 4.69) is 20.8 Å². The van der Waals surface area contributed by atoms with Crippen molar-refractivity contribution in [3.8, 4) is 6.07 Å². The summed E-state index contributed by atoms with van der Waals surface area (Å²) in [5.41, 5.74) is 1.34. The first-order valence-corrected chi connectivity index (χ1v) is 7.57. The van der Waals surface area contributed by atoms with Crippen molar-refractivity contribution in [3.63, 3.8) is 0 Å². The summed E-state index contributed by atoms with van der Waals surface area (Å²) in [6.07, 6.45) is 1.37. The predicted octanol–water partition coefficient (Wildman–Crippen LogP) is 2.75. The third-order valence-corrected chi connectivity index (χ3v) is 3.40. The highest BCUT2D eigenvalue weighted by Crippen LogP contribution is 2.13. The summed E-state index contributed by atoms with van der Waals surface area (Å²) in [4.78, 5) is 28.5. The molecule has 0 saturated carbocycles. The molecular weight excluding hydrogens is 334 g/mol. The zero-order valence-electron chi connectivity index (χ0n) is 13.7. The number of nitriles is 1. The van der Waals surface area contributed by atoms with Gasteiger partial charge < -0.3 is 15.2 Å². The summed E-state index contributed by atoms with van der Waals surface area (Å²) in [5.74, 6) is -0.0554. The standard InChI is InChI=1S/C18H13N5O3/c1-11-8-16(23-26-11)22-17(24)13-6-7-20-15(9-13)18(25)21-14-4-2-12(10-19)3-5-14/h2-9H,1H3,(H,21,25)(H,22,23,24). The van der Waals surface area contributed by atoms with Gasteiger partial charge in [0.25, 0.3) is 11.8 Å². The molecule has 2 N–H and O–H groups in total. The molecule has 0 saturated heterocycles. The highest BCUT2D eigenvalue weighted by atomic mass is 16.5. The number of aryl methyl sites for hydroxylation is 1. The Morgan fingerprint density at radius 1 is 1.08 bits per heavy atom. The number of amides is 2. The van der Waals surface area contributed by atoms with Crippen LogP contribution in [0, 0.1) is 18.3 Å². The third kappa shape index (κ3) is 3.91. The van der Waals surface area contributed by atoms with E-state index >= 15 is 0 Å². The quantitative estimate of drug-likeness (QED) is 0.748. The van der Waals surface area contributed by atoms with Gasteiger partial charge in [-0.1, -0.05) is 5.16 Å². The minimum Gasteiger partial charge on any atom is -0.360 e. The monoisotopic (exact) mass is 347 g/mol. The fourth-order valence-corrected chi connectivity index (χ4v) is 2.13. The van der Waals surface area contributed by atoms with Crippen molar-refractivity contribution in [2.24, 2.45) is 0 Å². The molecule has 0 bridgehead atoms. The molecule has 0 spiro atoms. The first-order valence-electron chi connectivity index (χ1n) is 7.57. The predicted molar refractivity (Wildman–Crippen MR) is 92.5 cm³/mol. The third-order valence-electron chi connectivity index (χ3n) is 3.40.